The van der Waals surface area contributed by atoms with Gasteiger partial charge in [0.15, 0.2) is 4.96 Å². The summed E-state index contributed by atoms with van der Waals surface area (Å²) in [6.07, 6.45) is 3.77. The van der Waals surface area contributed by atoms with Gasteiger partial charge in [0.1, 0.15) is 0 Å². The number of rotatable bonds is 3. The van der Waals surface area contributed by atoms with Gasteiger partial charge in [0, 0.05) is 41.6 Å². The van der Waals surface area contributed by atoms with Crippen molar-refractivity contribution < 1.29 is 9.90 Å². The van der Waals surface area contributed by atoms with Crippen molar-refractivity contribution in [2.75, 3.05) is 18.0 Å². The molecular weight excluding hydrogens is 322 g/mol. The SMILES string of the molecule is Cc1csc2nc(-c3ccc(N4CCCC(C(=O)O)C4)cc3)cn12. The fourth-order valence-corrected chi connectivity index (χ4v) is 4.14. The average molecular weight is 341 g/mol. The molecule has 0 spiro atoms. The molecule has 1 aromatic carbocycles. The summed E-state index contributed by atoms with van der Waals surface area (Å²) in [5.74, 6) is -0.953. The Morgan fingerprint density at radius 3 is 2.83 bits per heavy atom. The molecule has 0 radical (unpaired) electrons. The van der Waals surface area contributed by atoms with Gasteiger partial charge in [-0.05, 0) is 31.9 Å². The normalized spacial score (nSPS) is 18.2. The fraction of sp³-hybridized carbons (Fsp3) is 0.333. The molecular formula is C18H19N3O2S. The molecule has 2 aromatic heterocycles. The topological polar surface area (TPSA) is 57.8 Å². The first-order valence-electron chi connectivity index (χ1n) is 8.13. The number of thiazole rings is 1. The number of imidazole rings is 1. The Labute approximate surface area is 144 Å². The number of aryl methyl sites for hydroxylation is 1. The van der Waals surface area contributed by atoms with Crippen molar-refractivity contribution in [3.63, 3.8) is 0 Å². The second kappa shape index (κ2) is 5.94. The van der Waals surface area contributed by atoms with Crippen LogP contribution in [0.4, 0.5) is 5.69 Å². The number of nitrogens with zero attached hydrogens (tertiary/aromatic N) is 3. The van der Waals surface area contributed by atoms with E-state index in [1.807, 2.05) is 0 Å². The van der Waals surface area contributed by atoms with Crippen LogP contribution in [0.15, 0.2) is 35.8 Å². The quantitative estimate of drug-likeness (QED) is 0.790. The summed E-state index contributed by atoms with van der Waals surface area (Å²) in [6, 6.07) is 8.28. The summed E-state index contributed by atoms with van der Waals surface area (Å²) in [5, 5.41) is 11.3. The fourth-order valence-electron chi connectivity index (χ4n) is 3.29. The predicted octanol–water partition coefficient (Wildman–Crippen LogP) is 3.67. The van der Waals surface area contributed by atoms with Crippen molar-refractivity contribution >= 4 is 28.0 Å². The van der Waals surface area contributed by atoms with Gasteiger partial charge < -0.3 is 10.0 Å². The van der Waals surface area contributed by atoms with E-state index in [4.69, 9.17) is 0 Å². The first kappa shape index (κ1) is 15.2. The maximum absolute atomic E-state index is 11.2. The van der Waals surface area contributed by atoms with Crippen molar-refractivity contribution in [2.45, 2.75) is 19.8 Å². The van der Waals surface area contributed by atoms with Gasteiger partial charge in [-0.25, -0.2) is 4.98 Å². The van der Waals surface area contributed by atoms with E-state index in [1.165, 1.54) is 5.69 Å². The van der Waals surface area contributed by atoms with E-state index < -0.39 is 5.97 Å². The first-order valence-corrected chi connectivity index (χ1v) is 9.01. The minimum absolute atomic E-state index is 0.263. The number of carboxylic acid groups (broad SMARTS) is 1. The molecule has 4 rings (SSSR count). The highest BCUT2D eigenvalue weighted by molar-refractivity contribution is 7.15. The molecule has 1 aliphatic heterocycles. The van der Waals surface area contributed by atoms with Crippen LogP contribution in [-0.4, -0.2) is 33.6 Å². The van der Waals surface area contributed by atoms with Gasteiger partial charge in [0.05, 0.1) is 11.6 Å². The van der Waals surface area contributed by atoms with E-state index in [-0.39, 0.29) is 5.92 Å². The predicted molar refractivity (Wildman–Crippen MR) is 95.8 cm³/mol. The maximum atomic E-state index is 11.2. The minimum Gasteiger partial charge on any atom is -0.481 e. The van der Waals surface area contributed by atoms with Crippen LogP contribution in [0.25, 0.3) is 16.2 Å². The van der Waals surface area contributed by atoms with Gasteiger partial charge in [0.25, 0.3) is 0 Å². The molecule has 0 aliphatic carbocycles. The number of benzene rings is 1. The number of hydrogen-bond donors (Lipinski definition) is 1. The third kappa shape index (κ3) is 2.67. The monoisotopic (exact) mass is 341 g/mol. The molecule has 124 valence electrons. The van der Waals surface area contributed by atoms with Crippen LogP contribution in [0, 0.1) is 12.8 Å². The Morgan fingerprint density at radius 2 is 2.12 bits per heavy atom. The molecule has 1 atom stereocenters. The lowest BCUT2D eigenvalue weighted by Gasteiger charge is -2.32. The van der Waals surface area contributed by atoms with Gasteiger partial charge in [0.2, 0.25) is 0 Å². The van der Waals surface area contributed by atoms with Crippen LogP contribution in [-0.2, 0) is 4.79 Å². The molecule has 0 bridgehead atoms. The molecule has 3 aromatic rings. The minimum atomic E-state index is -0.690. The van der Waals surface area contributed by atoms with Gasteiger partial charge >= 0.3 is 5.97 Å². The number of hydrogen-bond acceptors (Lipinski definition) is 4. The van der Waals surface area contributed by atoms with E-state index >= 15 is 0 Å². The summed E-state index contributed by atoms with van der Waals surface area (Å²) in [7, 11) is 0. The zero-order valence-corrected chi connectivity index (χ0v) is 14.3. The molecule has 1 fully saturated rings. The van der Waals surface area contributed by atoms with Crippen LogP contribution < -0.4 is 4.90 Å². The Morgan fingerprint density at radius 1 is 1.33 bits per heavy atom. The number of piperidine rings is 1. The number of carbonyl (C=O) groups is 1. The Kier molecular flexibility index (Phi) is 3.76. The lowest BCUT2D eigenvalue weighted by Crippen LogP contribution is -2.38. The van der Waals surface area contributed by atoms with Crippen molar-refractivity contribution in [2.24, 2.45) is 5.92 Å². The molecule has 5 nitrogen and oxygen atoms in total. The van der Waals surface area contributed by atoms with Crippen molar-refractivity contribution in [3.05, 3.63) is 41.5 Å². The van der Waals surface area contributed by atoms with E-state index in [1.54, 1.807) is 11.3 Å². The summed E-state index contributed by atoms with van der Waals surface area (Å²) in [6.45, 7) is 3.59. The van der Waals surface area contributed by atoms with Crippen molar-refractivity contribution in [1.29, 1.82) is 0 Å². The standard InChI is InChI=1S/C18H19N3O2S/c1-12-11-24-18-19-16(10-21(12)18)13-4-6-15(7-5-13)20-8-2-3-14(9-20)17(22)23/h4-7,10-11,14H,2-3,8-9H2,1H3,(H,22,23). The van der Waals surface area contributed by atoms with E-state index in [0.717, 1.165) is 41.3 Å². The molecule has 24 heavy (non-hydrogen) atoms. The first-order chi connectivity index (χ1) is 11.6. The summed E-state index contributed by atoms with van der Waals surface area (Å²) in [5.41, 5.74) is 4.33. The largest absolute Gasteiger partial charge is 0.481 e. The Bertz CT molecular complexity index is 881. The molecule has 1 saturated heterocycles. The third-order valence-electron chi connectivity index (χ3n) is 4.69. The van der Waals surface area contributed by atoms with Crippen molar-refractivity contribution in [3.8, 4) is 11.3 Å². The van der Waals surface area contributed by atoms with Gasteiger partial charge in [-0.3, -0.25) is 9.20 Å². The molecule has 3 heterocycles. The smallest absolute Gasteiger partial charge is 0.308 e. The van der Waals surface area contributed by atoms with Gasteiger partial charge in [-0.15, -0.1) is 11.3 Å². The lowest BCUT2D eigenvalue weighted by molar-refractivity contribution is -0.141. The zero-order chi connectivity index (χ0) is 16.7. The maximum Gasteiger partial charge on any atom is 0.308 e. The zero-order valence-electron chi connectivity index (χ0n) is 13.5. The van der Waals surface area contributed by atoms with Gasteiger partial charge in [-0.1, -0.05) is 12.1 Å². The van der Waals surface area contributed by atoms with Crippen LogP contribution in [0.5, 0.6) is 0 Å². The van der Waals surface area contributed by atoms with E-state index in [9.17, 15) is 9.90 Å². The Hall–Kier alpha value is -2.34. The second-order valence-corrected chi connectivity index (χ2v) is 7.16. The summed E-state index contributed by atoms with van der Waals surface area (Å²) < 4.78 is 2.11. The molecule has 0 amide bonds. The highest BCUT2D eigenvalue weighted by atomic mass is 32.1. The van der Waals surface area contributed by atoms with Gasteiger partial charge in [-0.2, -0.15) is 0 Å². The molecule has 1 aliphatic rings. The molecule has 1 unspecified atom stereocenters. The number of fused-ring (bicyclic) bond motifs is 1. The number of carboxylic acids is 1. The lowest BCUT2D eigenvalue weighted by atomic mass is 9.97. The number of aliphatic carboxylic acids is 1. The van der Waals surface area contributed by atoms with Crippen LogP contribution in [0.2, 0.25) is 0 Å². The highest BCUT2D eigenvalue weighted by Gasteiger charge is 2.25. The number of anilines is 1. The molecule has 6 heteroatoms. The molecule has 1 N–H and O–H groups in total. The van der Waals surface area contributed by atoms with E-state index in [0.29, 0.717) is 6.54 Å². The summed E-state index contributed by atoms with van der Waals surface area (Å²) in [4.78, 5) is 19.1. The van der Waals surface area contributed by atoms with Crippen molar-refractivity contribution in [1.82, 2.24) is 9.38 Å². The summed E-state index contributed by atoms with van der Waals surface area (Å²) >= 11 is 1.65. The average Bonchev–Trinajstić information content (AvgIpc) is 3.17. The highest BCUT2D eigenvalue weighted by Crippen LogP contribution is 2.28. The number of aromatic nitrogens is 2. The van der Waals surface area contributed by atoms with Crippen LogP contribution >= 0.6 is 11.3 Å². The third-order valence-corrected chi connectivity index (χ3v) is 5.65. The van der Waals surface area contributed by atoms with Crippen LogP contribution in [0.1, 0.15) is 18.5 Å². The van der Waals surface area contributed by atoms with Crippen LogP contribution in [0.3, 0.4) is 0 Å². The van der Waals surface area contributed by atoms with E-state index in [2.05, 4.69) is 57.1 Å². The Balaban J connectivity index is 1.57. The molecule has 0 saturated carbocycles. The second-order valence-electron chi connectivity index (χ2n) is 6.33.